The Morgan fingerprint density at radius 1 is 1.10 bits per heavy atom. The van der Waals surface area contributed by atoms with E-state index in [1.807, 2.05) is 18.2 Å². The largest absolute Gasteiger partial charge is 0.271 e. The van der Waals surface area contributed by atoms with Crippen molar-refractivity contribution in [2.24, 2.45) is 5.84 Å². The summed E-state index contributed by atoms with van der Waals surface area (Å²) in [5, 5.41) is 0.704. The van der Waals surface area contributed by atoms with Crippen molar-refractivity contribution >= 4 is 27.5 Å². The smallest absolute Gasteiger partial charge is 0.0548 e. The molecule has 0 aliphatic carbocycles. The zero-order valence-electron chi connectivity index (χ0n) is 12.2. The minimum atomic E-state index is 0.0588. The molecule has 112 valence electrons. The van der Waals surface area contributed by atoms with E-state index in [0.717, 1.165) is 16.5 Å². The first-order chi connectivity index (χ1) is 10.0. The lowest BCUT2D eigenvalue weighted by Crippen LogP contribution is -2.29. The molecule has 0 saturated carbocycles. The average molecular weight is 368 g/mol. The van der Waals surface area contributed by atoms with Gasteiger partial charge < -0.3 is 0 Å². The highest BCUT2D eigenvalue weighted by molar-refractivity contribution is 9.10. The summed E-state index contributed by atoms with van der Waals surface area (Å²) in [5.41, 5.74) is 6.61. The highest BCUT2D eigenvalue weighted by Crippen LogP contribution is 2.27. The van der Waals surface area contributed by atoms with Crippen LogP contribution in [-0.4, -0.2) is 0 Å². The van der Waals surface area contributed by atoms with Crippen LogP contribution in [0.4, 0.5) is 0 Å². The zero-order valence-corrected chi connectivity index (χ0v) is 14.6. The summed E-state index contributed by atoms with van der Waals surface area (Å²) in [4.78, 5) is 0. The first-order valence-corrected chi connectivity index (χ1v) is 8.18. The third-order valence-electron chi connectivity index (χ3n) is 3.63. The van der Waals surface area contributed by atoms with E-state index < -0.39 is 0 Å². The lowest BCUT2D eigenvalue weighted by molar-refractivity contribution is 0.551. The number of halogens is 2. The molecule has 0 spiro atoms. The third-order valence-corrected chi connectivity index (χ3v) is 4.85. The van der Waals surface area contributed by atoms with Gasteiger partial charge in [-0.3, -0.25) is 11.3 Å². The Morgan fingerprint density at radius 3 is 2.24 bits per heavy atom. The minimum absolute atomic E-state index is 0.0588. The van der Waals surface area contributed by atoms with E-state index in [1.165, 1.54) is 11.1 Å². The first-order valence-electron chi connectivity index (χ1n) is 7.01. The van der Waals surface area contributed by atoms with Gasteiger partial charge in [-0.1, -0.05) is 55.8 Å². The molecule has 1 atom stereocenters. The molecular weight excluding hydrogens is 348 g/mol. The van der Waals surface area contributed by atoms with Crippen molar-refractivity contribution in [3.8, 4) is 0 Å². The van der Waals surface area contributed by atoms with E-state index in [1.54, 1.807) is 0 Å². The van der Waals surface area contributed by atoms with Gasteiger partial charge in [0.05, 0.1) is 11.1 Å². The number of hydrogen-bond acceptors (Lipinski definition) is 2. The Labute approximate surface area is 139 Å². The van der Waals surface area contributed by atoms with E-state index in [0.29, 0.717) is 10.9 Å². The fourth-order valence-corrected chi connectivity index (χ4v) is 2.79. The van der Waals surface area contributed by atoms with Crippen LogP contribution in [0, 0.1) is 0 Å². The molecule has 2 nitrogen and oxygen atoms in total. The van der Waals surface area contributed by atoms with E-state index >= 15 is 0 Å². The lowest BCUT2D eigenvalue weighted by atomic mass is 9.96. The molecule has 0 radical (unpaired) electrons. The molecular formula is C17H20BrClN2. The van der Waals surface area contributed by atoms with Crippen molar-refractivity contribution in [2.75, 3.05) is 0 Å². The van der Waals surface area contributed by atoms with Crippen LogP contribution < -0.4 is 11.3 Å². The van der Waals surface area contributed by atoms with E-state index in [4.69, 9.17) is 17.4 Å². The molecule has 3 N–H and O–H groups in total. The van der Waals surface area contributed by atoms with Crippen molar-refractivity contribution in [3.05, 3.63) is 68.7 Å². The first kappa shape index (κ1) is 16.5. The van der Waals surface area contributed by atoms with Gasteiger partial charge in [0.25, 0.3) is 0 Å². The van der Waals surface area contributed by atoms with Crippen LogP contribution in [-0.2, 0) is 6.42 Å². The monoisotopic (exact) mass is 366 g/mol. The van der Waals surface area contributed by atoms with Crippen LogP contribution in [0.3, 0.4) is 0 Å². The summed E-state index contributed by atoms with van der Waals surface area (Å²) in [6, 6.07) is 14.7. The Balaban J connectivity index is 2.16. The van der Waals surface area contributed by atoms with Gasteiger partial charge in [-0.15, -0.1) is 0 Å². The van der Waals surface area contributed by atoms with E-state index in [2.05, 4.69) is 59.5 Å². The van der Waals surface area contributed by atoms with Gasteiger partial charge in [0, 0.05) is 4.47 Å². The van der Waals surface area contributed by atoms with Gasteiger partial charge in [0.2, 0.25) is 0 Å². The van der Waals surface area contributed by atoms with Crippen LogP contribution in [0.2, 0.25) is 5.02 Å². The molecule has 0 fully saturated rings. The van der Waals surface area contributed by atoms with Crippen molar-refractivity contribution < 1.29 is 0 Å². The Kier molecular flexibility index (Phi) is 5.82. The molecule has 21 heavy (non-hydrogen) atoms. The molecule has 2 aromatic carbocycles. The number of nitrogens with one attached hydrogen (secondary N) is 1. The normalized spacial score (nSPS) is 12.7. The van der Waals surface area contributed by atoms with Gasteiger partial charge in [0.15, 0.2) is 0 Å². The highest BCUT2D eigenvalue weighted by Gasteiger charge is 2.12. The molecule has 0 saturated heterocycles. The fourth-order valence-electron chi connectivity index (χ4n) is 2.28. The third kappa shape index (κ3) is 4.30. The van der Waals surface area contributed by atoms with Gasteiger partial charge in [0.1, 0.15) is 0 Å². The molecule has 0 aliphatic heterocycles. The molecule has 0 aliphatic rings. The number of benzene rings is 2. The quantitative estimate of drug-likeness (QED) is 0.578. The van der Waals surface area contributed by atoms with Crippen LogP contribution in [0.5, 0.6) is 0 Å². The molecule has 0 heterocycles. The summed E-state index contributed by atoms with van der Waals surface area (Å²) in [5.74, 6) is 6.27. The number of hydrazine groups is 1. The zero-order chi connectivity index (χ0) is 15.4. The molecule has 0 amide bonds. The van der Waals surface area contributed by atoms with Gasteiger partial charge in [-0.25, -0.2) is 0 Å². The highest BCUT2D eigenvalue weighted by atomic mass is 79.9. The van der Waals surface area contributed by atoms with Crippen LogP contribution in [0.15, 0.2) is 46.9 Å². The second-order valence-electron chi connectivity index (χ2n) is 5.49. The van der Waals surface area contributed by atoms with Gasteiger partial charge in [-0.05, 0) is 57.1 Å². The van der Waals surface area contributed by atoms with Crippen molar-refractivity contribution in [1.29, 1.82) is 0 Å². The predicted molar refractivity (Wildman–Crippen MR) is 93.5 cm³/mol. The topological polar surface area (TPSA) is 38.0 Å². The minimum Gasteiger partial charge on any atom is -0.271 e. The molecule has 1 unspecified atom stereocenters. The van der Waals surface area contributed by atoms with E-state index in [9.17, 15) is 0 Å². The summed E-state index contributed by atoms with van der Waals surface area (Å²) in [6.45, 7) is 4.40. The number of rotatable bonds is 5. The Hall–Kier alpha value is -0.870. The SMILES string of the molecule is CC(C)c1ccc(CC(NN)c2ccc(Cl)c(Br)c2)cc1. The summed E-state index contributed by atoms with van der Waals surface area (Å²) in [7, 11) is 0. The second-order valence-corrected chi connectivity index (χ2v) is 6.75. The number of nitrogens with two attached hydrogens (primary N) is 1. The summed E-state index contributed by atoms with van der Waals surface area (Å²) < 4.78 is 0.886. The summed E-state index contributed by atoms with van der Waals surface area (Å²) in [6.07, 6.45) is 0.836. The van der Waals surface area contributed by atoms with Crippen LogP contribution in [0.25, 0.3) is 0 Å². The lowest BCUT2D eigenvalue weighted by Gasteiger charge is -2.17. The molecule has 2 rings (SSSR count). The molecule has 0 aromatic heterocycles. The molecule has 2 aromatic rings. The van der Waals surface area contributed by atoms with Crippen molar-refractivity contribution in [2.45, 2.75) is 32.2 Å². The maximum absolute atomic E-state index is 6.04. The average Bonchev–Trinajstić information content (AvgIpc) is 2.48. The standard InChI is InChI=1S/C17H20BrClN2/c1-11(2)13-5-3-12(4-6-13)9-17(21-20)14-7-8-16(19)15(18)10-14/h3-8,10-11,17,21H,9,20H2,1-2H3. The van der Waals surface area contributed by atoms with Crippen LogP contribution >= 0.6 is 27.5 Å². The van der Waals surface area contributed by atoms with Gasteiger partial charge >= 0.3 is 0 Å². The second kappa shape index (κ2) is 7.41. The Morgan fingerprint density at radius 2 is 1.71 bits per heavy atom. The van der Waals surface area contributed by atoms with Gasteiger partial charge in [-0.2, -0.15) is 0 Å². The number of hydrogen-bond donors (Lipinski definition) is 2. The van der Waals surface area contributed by atoms with Crippen molar-refractivity contribution in [3.63, 3.8) is 0 Å². The van der Waals surface area contributed by atoms with Crippen molar-refractivity contribution in [1.82, 2.24) is 5.43 Å². The summed E-state index contributed by atoms with van der Waals surface area (Å²) >= 11 is 9.49. The maximum Gasteiger partial charge on any atom is 0.0548 e. The predicted octanol–water partition coefficient (Wildman–Crippen LogP) is 4.97. The fraction of sp³-hybridized carbons (Fsp3) is 0.294. The van der Waals surface area contributed by atoms with Crippen LogP contribution in [0.1, 0.15) is 42.5 Å². The Bertz CT molecular complexity index is 596. The molecule has 0 bridgehead atoms. The maximum atomic E-state index is 6.04. The van der Waals surface area contributed by atoms with E-state index in [-0.39, 0.29) is 6.04 Å². The molecule has 4 heteroatoms.